The number of fused-ring (bicyclic) bond motifs is 1. The van der Waals surface area contributed by atoms with Crippen molar-refractivity contribution in [3.05, 3.63) is 64.4 Å². The molecular formula is C20H20BrN3O3. The smallest absolute Gasteiger partial charge is 0.326 e. The highest BCUT2D eigenvalue weighted by Gasteiger charge is 2.14. The highest BCUT2D eigenvalue weighted by atomic mass is 79.9. The second kappa shape index (κ2) is 8.81. The van der Waals surface area contributed by atoms with Crippen LogP contribution < -0.4 is 5.32 Å². The number of benzene rings is 2. The molecule has 0 unspecified atom stereocenters. The number of carbonyl (C=O) groups is 2. The average molecular weight is 430 g/mol. The lowest BCUT2D eigenvalue weighted by molar-refractivity contribution is -0.143. The molecule has 0 atom stereocenters. The van der Waals surface area contributed by atoms with Gasteiger partial charge in [0.2, 0.25) is 0 Å². The molecule has 0 bridgehead atoms. The first kappa shape index (κ1) is 19.1. The number of aromatic nitrogens is 2. The van der Waals surface area contributed by atoms with Crippen molar-refractivity contribution in [3.63, 3.8) is 0 Å². The van der Waals surface area contributed by atoms with E-state index < -0.39 is 0 Å². The van der Waals surface area contributed by atoms with Gasteiger partial charge in [-0.3, -0.25) is 9.59 Å². The zero-order chi connectivity index (χ0) is 19.2. The van der Waals surface area contributed by atoms with E-state index in [0.29, 0.717) is 25.1 Å². The van der Waals surface area contributed by atoms with Crippen molar-refractivity contribution in [2.24, 2.45) is 0 Å². The Bertz CT molecular complexity index is 968. The molecule has 140 valence electrons. The zero-order valence-corrected chi connectivity index (χ0v) is 16.5. The second-order valence-corrected chi connectivity index (χ2v) is 6.84. The van der Waals surface area contributed by atoms with E-state index in [1.807, 2.05) is 41.0 Å². The summed E-state index contributed by atoms with van der Waals surface area (Å²) < 4.78 is 7.77. The molecule has 0 spiro atoms. The molecule has 0 radical (unpaired) electrons. The topological polar surface area (TPSA) is 73.2 Å². The summed E-state index contributed by atoms with van der Waals surface area (Å²) in [5.74, 6) is 0.281. The maximum atomic E-state index is 12.3. The quantitative estimate of drug-likeness (QED) is 0.584. The largest absolute Gasteiger partial charge is 0.465 e. The van der Waals surface area contributed by atoms with Gasteiger partial charge in [-0.15, -0.1) is 0 Å². The van der Waals surface area contributed by atoms with E-state index in [1.165, 1.54) is 0 Å². The number of imidazole rings is 1. The minimum Gasteiger partial charge on any atom is -0.465 e. The summed E-state index contributed by atoms with van der Waals surface area (Å²) in [5.41, 5.74) is 2.28. The number of ether oxygens (including phenoxy) is 1. The number of para-hydroxylation sites is 2. The monoisotopic (exact) mass is 429 g/mol. The summed E-state index contributed by atoms with van der Waals surface area (Å²) in [6.45, 7) is 2.63. The first-order chi connectivity index (χ1) is 13.1. The summed E-state index contributed by atoms with van der Waals surface area (Å²) in [5, 5.41) is 2.90. The Labute approximate surface area is 165 Å². The van der Waals surface area contributed by atoms with Gasteiger partial charge in [-0.05, 0) is 37.3 Å². The molecule has 1 heterocycles. The predicted octanol–water partition coefficient (Wildman–Crippen LogP) is 3.33. The zero-order valence-electron chi connectivity index (χ0n) is 14.9. The third-order valence-corrected chi connectivity index (χ3v) is 4.54. The molecule has 3 rings (SSSR count). The van der Waals surface area contributed by atoms with Gasteiger partial charge in [0, 0.05) is 23.0 Å². The maximum Gasteiger partial charge on any atom is 0.326 e. The van der Waals surface area contributed by atoms with Crippen LogP contribution in [0.4, 0.5) is 0 Å². The summed E-state index contributed by atoms with van der Waals surface area (Å²) in [4.78, 5) is 28.8. The fourth-order valence-electron chi connectivity index (χ4n) is 2.85. The molecule has 27 heavy (non-hydrogen) atoms. The van der Waals surface area contributed by atoms with Gasteiger partial charge in [0.25, 0.3) is 5.91 Å². The van der Waals surface area contributed by atoms with E-state index in [2.05, 4.69) is 26.2 Å². The maximum absolute atomic E-state index is 12.3. The van der Waals surface area contributed by atoms with Crippen LogP contribution in [-0.2, 0) is 22.5 Å². The van der Waals surface area contributed by atoms with Crippen molar-refractivity contribution >= 4 is 38.8 Å². The third kappa shape index (κ3) is 4.74. The molecule has 1 amide bonds. The number of carbonyl (C=O) groups excluding carboxylic acids is 2. The number of halogens is 1. The van der Waals surface area contributed by atoms with Gasteiger partial charge in [-0.1, -0.05) is 34.1 Å². The van der Waals surface area contributed by atoms with Gasteiger partial charge >= 0.3 is 5.97 Å². The van der Waals surface area contributed by atoms with Crippen molar-refractivity contribution in [2.75, 3.05) is 13.2 Å². The molecule has 0 aliphatic heterocycles. The standard InChI is InChI=1S/C20H20BrN3O3/c1-2-27-19(25)13-24-17-9-4-3-8-16(17)23-18(24)10-11-22-20(26)14-6-5-7-15(21)12-14/h3-9,12H,2,10-11,13H2,1H3,(H,22,26). The normalized spacial score (nSPS) is 10.7. The van der Waals surface area contributed by atoms with Crippen LogP contribution in [0, 0.1) is 0 Å². The number of nitrogens with one attached hydrogen (secondary N) is 1. The Kier molecular flexibility index (Phi) is 6.24. The molecule has 0 saturated carbocycles. The Morgan fingerprint density at radius 1 is 1.19 bits per heavy atom. The van der Waals surface area contributed by atoms with Crippen LogP contribution in [0.5, 0.6) is 0 Å². The number of hydrogen-bond donors (Lipinski definition) is 1. The Morgan fingerprint density at radius 2 is 2.00 bits per heavy atom. The van der Waals surface area contributed by atoms with E-state index >= 15 is 0 Å². The van der Waals surface area contributed by atoms with Gasteiger partial charge in [-0.25, -0.2) is 4.98 Å². The van der Waals surface area contributed by atoms with Crippen molar-refractivity contribution in [2.45, 2.75) is 19.9 Å². The first-order valence-electron chi connectivity index (χ1n) is 8.72. The van der Waals surface area contributed by atoms with Gasteiger partial charge in [0.15, 0.2) is 0 Å². The molecule has 1 N–H and O–H groups in total. The number of amides is 1. The molecule has 0 saturated heterocycles. The van der Waals surface area contributed by atoms with Crippen molar-refractivity contribution in [1.82, 2.24) is 14.9 Å². The highest BCUT2D eigenvalue weighted by molar-refractivity contribution is 9.10. The van der Waals surface area contributed by atoms with Crippen LogP contribution in [-0.4, -0.2) is 34.6 Å². The van der Waals surface area contributed by atoms with Gasteiger partial charge in [0.05, 0.1) is 17.6 Å². The predicted molar refractivity (Wildman–Crippen MR) is 107 cm³/mol. The molecule has 0 aliphatic rings. The van der Waals surface area contributed by atoms with Crippen LogP contribution in [0.3, 0.4) is 0 Å². The molecule has 6 nitrogen and oxygen atoms in total. The summed E-state index contributed by atoms with van der Waals surface area (Å²) in [6, 6.07) is 14.9. The molecule has 1 aromatic heterocycles. The number of rotatable bonds is 7. The SMILES string of the molecule is CCOC(=O)Cn1c(CCNC(=O)c2cccc(Br)c2)nc2ccccc21. The van der Waals surface area contributed by atoms with E-state index in [4.69, 9.17) is 4.74 Å². The first-order valence-corrected chi connectivity index (χ1v) is 9.51. The van der Waals surface area contributed by atoms with Crippen LogP contribution in [0.2, 0.25) is 0 Å². The Balaban J connectivity index is 1.72. The van der Waals surface area contributed by atoms with Gasteiger partial charge in [0.1, 0.15) is 12.4 Å². The molecule has 7 heteroatoms. The molecule has 3 aromatic rings. The second-order valence-electron chi connectivity index (χ2n) is 5.92. The lowest BCUT2D eigenvalue weighted by Gasteiger charge is -2.09. The van der Waals surface area contributed by atoms with Crippen molar-refractivity contribution in [1.29, 1.82) is 0 Å². The molecular weight excluding hydrogens is 410 g/mol. The number of nitrogens with zero attached hydrogens (tertiary/aromatic N) is 2. The van der Waals surface area contributed by atoms with E-state index in [-0.39, 0.29) is 18.4 Å². The van der Waals surface area contributed by atoms with E-state index in [1.54, 1.807) is 19.1 Å². The summed E-state index contributed by atoms with van der Waals surface area (Å²) in [7, 11) is 0. The van der Waals surface area contributed by atoms with Crippen LogP contribution in [0.15, 0.2) is 53.0 Å². The lowest BCUT2D eigenvalue weighted by atomic mass is 10.2. The summed E-state index contributed by atoms with van der Waals surface area (Å²) >= 11 is 3.36. The van der Waals surface area contributed by atoms with Crippen LogP contribution >= 0.6 is 15.9 Å². The molecule has 0 fully saturated rings. The Hall–Kier alpha value is -2.67. The molecule has 0 aliphatic carbocycles. The minimum atomic E-state index is -0.305. The van der Waals surface area contributed by atoms with Crippen LogP contribution in [0.1, 0.15) is 23.1 Å². The lowest BCUT2D eigenvalue weighted by Crippen LogP contribution is -2.27. The van der Waals surface area contributed by atoms with E-state index in [9.17, 15) is 9.59 Å². The van der Waals surface area contributed by atoms with E-state index in [0.717, 1.165) is 21.3 Å². The number of hydrogen-bond acceptors (Lipinski definition) is 4. The van der Waals surface area contributed by atoms with Gasteiger partial charge < -0.3 is 14.6 Å². The number of esters is 1. The Morgan fingerprint density at radius 3 is 2.78 bits per heavy atom. The fraction of sp³-hybridized carbons (Fsp3) is 0.250. The van der Waals surface area contributed by atoms with Crippen LogP contribution in [0.25, 0.3) is 11.0 Å². The average Bonchev–Trinajstić information content (AvgIpc) is 2.99. The highest BCUT2D eigenvalue weighted by Crippen LogP contribution is 2.17. The van der Waals surface area contributed by atoms with Crippen molar-refractivity contribution in [3.8, 4) is 0 Å². The minimum absolute atomic E-state index is 0.100. The van der Waals surface area contributed by atoms with Gasteiger partial charge in [-0.2, -0.15) is 0 Å². The van der Waals surface area contributed by atoms with Crippen molar-refractivity contribution < 1.29 is 14.3 Å². The molecule has 2 aromatic carbocycles. The third-order valence-electron chi connectivity index (χ3n) is 4.05. The summed E-state index contributed by atoms with van der Waals surface area (Å²) in [6.07, 6.45) is 0.508. The fourth-order valence-corrected chi connectivity index (χ4v) is 3.25.